The van der Waals surface area contributed by atoms with Crippen LogP contribution in [-0.2, 0) is 4.79 Å². The van der Waals surface area contributed by atoms with Crippen molar-refractivity contribution in [1.82, 2.24) is 10.6 Å². The monoisotopic (exact) mass is 370 g/mol. The summed E-state index contributed by atoms with van der Waals surface area (Å²) in [4.78, 5) is 12.3. The molecule has 1 aliphatic carbocycles. The highest BCUT2D eigenvalue weighted by atomic mass is 35.6. The predicted molar refractivity (Wildman–Crippen MR) is 95.4 cm³/mol. The molecule has 1 aliphatic rings. The summed E-state index contributed by atoms with van der Waals surface area (Å²) in [7, 11) is 0. The van der Waals surface area contributed by atoms with E-state index in [9.17, 15) is 4.79 Å². The molecule has 3 atom stereocenters. The molecular formula is C16H29Cl3N2O. The molecule has 3 nitrogen and oxygen atoms in total. The average molecular weight is 372 g/mol. The van der Waals surface area contributed by atoms with E-state index < -0.39 is 9.96 Å². The maximum absolute atomic E-state index is 12.3. The largest absolute Gasteiger partial charge is 0.337 e. The van der Waals surface area contributed by atoms with Crippen LogP contribution in [0.25, 0.3) is 0 Å². The molecule has 130 valence electrons. The quantitative estimate of drug-likeness (QED) is 0.370. The number of carbonyl (C=O) groups is 1. The lowest BCUT2D eigenvalue weighted by Gasteiger charge is -2.52. The van der Waals surface area contributed by atoms with Gasteiger partial charge in [-0.1, -0.05) is 75.3 Å². The standard InChI is InChI=1S/C16H29Cl3N2O/c1-5-7-8-20-14(16(17,18)19)21-13(22)10-12-9-11(6-2)15(12,3)4/h11-12,14,20H,5-10H2,1-4H3,(H,21,22). The molecule has 0 saturated heterocycles. The van der Waals surface area contributed by atoms with Gasteiger partial charge < -0.3 is 5.32 Å². The molecule has 2 N–H and O–H groups in total. The molecule has 3 unspecified atom stereocenters. The minimum Gasteiger partial charge on any atom is -0.337 e. The van der Waals surface area contributed by atoms with Crippen molar-refractivity contribution in [2.24, 2.45) is 17.3 Å². The first-order valence-electron chi connectivity index (χ1n) is 8.22. The van der Waals surface area contributed by atoms with Gasteiger partial charge in [-0.15, -0.1) is 0 Å². The molecular weight excluding hydrogens is 343 g/mol. The van der Waals surface area contributed by atoms with E-state index in [0.717, 1.165) is 19.3 Å². The highest BCUT2D eigenvalue weighted by Gasteiger charge is 2.47. The van der Waals surface area contributed by atoms with Crippen molar-refractivity contribution in [3.63, 3.8) is 0 Å². The van der Waals surface area contributed by atoms with E-state index in [0.29, 0.717) is 24.8 Å². The summed E-state index contributed by atoms with van der Waals surface area (Å²) in [6.07, 6.45) is 4.14. The molecule has 0 aromatic rings. The number of nitrogens with one attached hydrogen (secondary N) is 2. The van der Waals surface area contributed by atoms with Crippen LogP contribution in [0.1, 0.15) is 59.8 Å². The Balaban J connectivity index is 2.50. The molecule has 6 heteroatoms. The van der Waals surface area contributed by atoms with Gasteiger partial charge in [0.15, 0.2) is 0 Å². The molecule has 1 rings (SSSR count). The van der Waals surface area contributed by atoms with Crippen LogP contribution in [0.3, 0.4) is 0 Å². The maximum atomic E-state index is 12.3. The maximum Gasteiger partial charge on any atom is 0.223 e. The Labute approximate surface area is 149 Å². The summed E-state index contributed by atoms with van der Waals surface area (Å²) in [6.45, 7) is 9.50. The van der Waals surface area contributed by atoms with Gasteiger partial charge in [-0.25, -0.2) is 0 Å². The highest BCUT2D eigenvalue weighted by molar-refractivity contribution is 6.68. The summed E-state index contributed by atoms with van der Waals surface area (Å²) in [6, 6.07) is 0. The molecule has 0 heterocycles. The van der Waals surface area contributed by atoms with Crippen LogP contribution in [0.2, 0.25) is 0 Å². The lowest BCUT2D eigenvalue weighted by molar-refractivity contribution is -0.128. The van der Waals surface area contributed by atoms with Crippen LogP contribution < -0.4 is 10.6 Å². The minimum absolute atomic E-state index is 0.0482. The smallest absolute Gasteiger partial charge is 0.223 e. The third-order valence-corrected chi connectivity index (χ3v) is 5.76. The number of unbranched alkanes of at least 4 members (excludes halogenated alkanes) is 1. The Morgan fingerprint density at radius 3 is 2.36 bits per heavy atom. The summed E-state index contributed by atoms with van der Waals surface area (Å²) in [5.41, 5.74) is 0.219. The van der Waals surface area contributed by atoms with Gasteiger partial charge in [0.1, 0.15) is 6.17 Å². The van der Waals surface area contributed by atoms with Crippen molar-refractivity contribution in [2.75, 3.05) is 6.54 Å². The number of carbonyl (C=O) groups excluding carboxylic acids is 1. The zero-order valence-electron chi connectivity index (χ0n) is 14.0. The van der Waals surface area contributed by atoms with Gasteiger partial charge in [0, 0.05) is 6.42 Å². The number of halogens is 3. The Bertz CT molecular complexity index is 369. The second-order valence-corrected chi connectivity index (χ2v) is 9.28. The van der Waals surface area contributed by atoms with Gasteiger partial charge >= 0.3 is 0 Å². The van der Waals surface area contributed by atoms with E-state index in [-0.39, 0.29) is 11.3 Å². The first-order chi connectivity index (χ1) is 10.1. The van der Waals surface area contributed by atoms with Gasteiger partial charge in [0.2, 0.25) is 9.70 Å². The Morgan fingerprint density at radius 1 is 1.27 bits per heavy atom. The molecule has 1 amide bonds. The van der Waals surface area contributed by atoms with Gasteiger partial charge in [-0.05, 0) is 36.6 Å². The van der Waals surface area contributed by atoms with Crippen LogP contribution in [0, 0.1) is 17.3 Å². The number of hydrogen-bond donors (Lipinski definition) is 2. The number of amides is 1. The van der Waals surface area contributed by atoms with Crippen LogP contribution in [0.5, 0.6) is 0 Å². The predicted octanol–water partition coefficient (Wildman–Crippen LogP) is 4.65. The molecule has 0 bridgehead atoms. The third kappa shape index (κ3) is 5.43. The van der Waals surface area contributed by atoms with Crippen LogP contribution in [0.4, 0.5) is 0 Å². The van der Waals surface area contributed by atoms with Gasteiger partial charge in [0.25, 0.3) is 0 Å². The van der Waals surface area contributed by atoms with Crippen molar-refractivity contribution >= 4 is 40.7 Å². The van der Waals surface area contributed by atoms with Crippen molar-refractivity contribution in [3.8, 4) is 0 Å². The zero-order valence-corrected chi connectivity index (χ0v) is 16.3. The SMILES string of the molecule is CCCCNC(NC(=O)CC1CC(CC)C1(C)C)C(Cl)(Cl)Cl. The van der Waals surface area contributed by atoms with Crippen LogP contribution >= 0.6 is 34.8 Å². The molecule has 0 spiro atoms. The summed E-state index contributed by atoms with van der Waals surface area (Å²) in [5.74, 6) is 1.06. The third-order valence-electron chi connectivity index (χ3n) is 5.11. The average Bonchev–Trinajstić information content (AvgIpc) is 2.41. The fraction of sp³-hybridized carbons (Fsp3) is 0.938. The Hall–Kier alpha value is 0.300. The van der Waals surface area contributed by atoms with E-state index >= 15 is 0 Å². The summed E-state index contributed by atoms with van der Waals surface area (Å²) >= 11 is 17.9. The molecule has 22 heavy (non-hydrogen) atoms. The van der Waals surface area contributed by atoms with E-state index in [1.165, 1.54) is 6.42 Å². The number of hydrogen-bond acceptors (Lipinski definition) is 2. The minimum atomic E-state index is -1.55. The van der Waals surface area contributed by atoms with Crippen LogP contribution in [-0.4, -0.2) is 22.4 Å². The van der Waals surface area contributed by atoms with E-state index in [2.05, 4.69) is 38.3 Å². The van der Waals surface area contributed by atoms with Gasteiger partial charge in [0.05, 0.1) is 0 Å². The topological polar surface area (TPSA) is 41.1 Å². The Kier molecular flexibility index (Phi) is 7.78. The molecule has 0 aliphatic heterocycles. The molecule has 0 aromatic carbocycles. The molecule has 0 aromatic heterocycles. The van der Waals surface area contributed by atoms with Gasteiger partial charge in [-0.3, -0.25) is 10.1 Å². The lowest BCUT2D eigenvalue weighted by Crippen LogP contribution is -2.55. The lowest BCUT2D eigenvalue weighted by atomic mass is 9.53. The fourth-order valence-corrected chi connectivity index (χ4v) is 3.67. The summed E-state index contributed by atoms with van der Waals surface area (Å²) in [5, 5.41) is 5.95. The zero-order chi connectivity index (χ0) is 17.0. The van der Waals surface area contributed by atoms with E-state index in [1.807, 2.05) is 0 Å². The number of rotatable bonds is 8. The van der Waals surface area contributed by atoms with Crippen molar-refractivity contribution in [1.29, 1.82) is 0 Å². The second kappa shape index (κ2) is 8.41. The Morgan fingerprint density at radius 2 is 1.91 bits per heavy atom. The second-order valence-electron chi connectivity index (χ2n) is 6.91. The molecule has 1 fully saturated rings. The van der Waals surface area contributed by atoms with Crippen molar-refractivity contribution in [3.05, 3.63) is 0 Å². The van der Waals surface area contributed by atoms with Crippen molar-refractivity contribution < 1.29 is 4.79 Å². The highest BCUT2D eigenvalue weighted by Crippen LogP contribution is 2.54. The summed E-state index contributed by atoms with van der Waals surface area (Å²) < 4.78 is -1.55. The van der Waals surface area contributed by atoms with E-state index in [4.69, 9.17) is 34.8 Å². The first-order valence-corrected chi connectivity index (χ1v) is 9.35. The fourth-order valence-electron chi connectivity index (χ4n) is 3.28. The molecule has 0 radical (unpaired) electrons. The van der Waals surface area contributed by atoms with Crippen molar-refractivity contribution in [2.45, 2.75) is 69.8 Å². The van der Waals surface area contributed by atoms with E-state index in [1.54, 1.807) is 0 Å². The van der Waals surface area contributed by atoms with Gasteiger partial charge in [-0.2, -0.15) is 0 Å². The first kappa shape index (κ1) is 20.3. The normalized spacial score (nSPS) is 25.4. The molecule has 1 saturated carbocycles. The number of alkyl halides is 3. The van der Waals surface area contributed by atoms with Crippen LogP contribution in [0.15, 0.2) is 0 Å².